The number of benzene rings is 1. The summed E-state index contributed by atoms with van der Waals surface area (Å²) in [5.74, 6) is 0.221. The van der Waals surface area contributed by atoms with Gasteiger partial charge in [0.15, 0.2) is 0 Å². The van der Waals surface area contributed by atoms with E-state index in [-0.39, 0.29) is 5.78 Å². The number of ketones is 1. The lowest BCUT2D eigenvalue weighted by Gasteiger charge is -2.05. The third-order valence-electron chi connectivity index (χ3n) is 2.21. The third-order valence-corrected chi connectivity index (χ3v) is 2.21. The number of hydrogen-bond donors (Lipinski definition) is 2. The molecule has 0 radical (unpaired) electrons. The van der Waals surface area contributed by atoms with Gasteiger partial charge in [-0.25, -0.2) is 0 Å². The van der Waals surface area contributed by atoms with Gasteiger partial charge < -0.3 is 11.1 Å². The molecule has 3 nitrogen and oxygen atoms in total. The van der Waals surface area contributed by atoms with Crippen LogP contribution >= 0.6 is 0 Å². The predicted octanol–water partition coefficient (Wildman–Crippen LogP) is 1.21. The molecule has 1 rings (SSSR count). The lowest BCUT2D eigenvalue weighted by molar-refractivity contribution is -0.116. The molecule has 0 unspecified atom stereocenters. The highest BCUT2D eigenvalue weighted by molar-refractivity contribution is 5.75. The van der Waals surface area contributed by atoms with Crippen LogP contribution in [0.3, 0.4) is 0 Å². The van der Waals surface area contributed by atoms with Gasteiger partial charge in [0.2, 0.25) is 0 Å². The molecule has 1 aromatic carbocycles. The van der Waals surface area contributed by atoms with Crippen molar-refractivity contribution < 1.29 is 4.79 Å². The molecular weight excluding hydrogens is 188 g/mol. The van der Waals surface area contributed by atoms with Crippen molar-refractivity contribution in [2.45, 2.75) is 26.4 Å². The van der Waals surface area contributed by atoms with E-state index in [1.54, 1.807) is 6.92 Å². The molecule has 0 saturated carbocycles. The van der Waals surface area contributed by atoms with E-state index < -0.39 is 0 Å². The van der Waals surface area contributed by atoms with Crippen molar-refractivity contribution in [3.05, 3.63) is 35.4 Å². The van der Waals surface area contributed by atoms with Gasteiger partial charge in [0.05, 0.1) is 0 Å². The van der Waals surface area contributed by atoms with E-state index in [9.17, 15) is 4.79 Å². The van der Waals surface area contributed by atoms with E-state index in [4.69, 9.17) is 5.73 Å². The van der Waals surface area contributed by atoms with Gasteiger partial charge in [0.1, 0.15) is 5.78 Å². The van der Waals surface area contributed by atoms with Crippen molar-refractivity contribution in [3.8, 4) is 0 Å². The van der Waals surface area contributed by atoms with Crippen LogP contribution in [0.2, 0.25) is 0 Å². The average molecular weight is 206 g/mol. The first-order chi connectivity index (χ1) is 7.22. The molecule has 82 valence electrons. The molecule has 15 heavy (non-hydrogen) atoms. The molecular formula is C12H18N2O. The number of hydrogen-bond acceptors (Lipinski definition) is 3. The van der Waals surface area contributed by atoms with Gasteiger partial charge in [-0.3, -0.25) is 4.79 Å². The van der Waals surface area contributed by atoms with Gasteiger partial charge in [-0.15, -0.1) is 0 Å². The molecule has 0 saturated heterocycles. The van der Waals surface area contributed by atoms with Gasteiger partial charge in [0.25, 0.3) is 0 Å². The largest absolute Gasteiger partial charge is 0.326 e. The van der Waals surface area contributed by atoms with Crippen molar-refractivity contribution >= 4 is 5.78 Å². The maximum atomic E-state index is 10.7. The van der Waals surface area contributed by atoms with E-state index in [1.165, 1.54) is 5.56 Å². The minimum atomic E-state index is 0.221. The first kappa shape index (κ1) is 11.9. The number of carbonyl (C=O) groups excluding carboxylic acids is 1. The molecule has 3 N–H and O–H groups in total. The SMILES string of the molecule is CC(=O)CCNCc1cccc(CN)c1. The molecule has 0 atom stereocenters. The van der Waals surface area contributed by atoms with Crippen LogP contribution in [0.25, 0.3) is 0 Å². The first-order valence-corrected chi connectivity index (χ1v) is 5.20. The molecule has 0 aliphatic rings. The Morgan fingerprint density at radius 3 is 2.80 bits per heavy atom. The predicted molar refractivity (Wildman–Crippen MR) is 61.3 cm³/mol. The Hall–Kier alpha value is -1.19. The van der Waals surface area contributed by atoms with Crippen LogP contribution in [-0.4, -0.2) is 12.3 Å². The van der Waals surface area contributed by atoms with Crippen LogP contribution in [0.1, 0.15) is 24.5 Å². The number of carbonyl (C=O) groups is 1. The van der Waals surface area contributed by atoms with Gasteiger partial charge in [-0.05, 0) is 18.1 Å². The van der Waals surface area contributed by atoms with Crippen LogP contribution in [0.5, 0.6) is 0 Å². The Morgan fingerprint density at radius 2 is 2.13 bits per heavy atom. The van der Waals surface area contributed by atoms with Crippen molar-refractivity contribution in [1.29, 1.82) is 0 Å². The minimum Gasteiger partial charge on any atom is -0.326 e. The molecule has 3 heteroatoms. The summed E-state index contributed by atoms with van der Waals surface area (Å²) in [7, 11) is 0. The van der Waals surface area contributed by atoms with E-state index in [1.807, 2.05) is 12.1 Å². The van der Waals surface area contributed by atoms with E-state index in [0.717, 1.165) is 18.7 Å². The third kappa shape index (κ3) is 4.72. The fourth-order valence-electron chi connectivity index (χ4n) is 1.36. The summed E-state index contributed by atoms with van der Waals surface area (Å²) in [6.07, 6.45) is 0.594. The molecule has 0 spiro atoms. The Bertz CT molecular complexity index is 323. The van der Waals surface area contributed by atoms with Crippen LogP contribution < -0.4 is 11.1 Å². The van der Waals surface area contributed by atoms with Gasteiger partial charge >= 0.3 is 0 Å². The fraction of sp³-hybridized carbons (Fsp3) is 0.417. The monoisotopic (exact) mass is 206 g/mol. The number of nitrogens with one attached hydrogen (secondary N) is 1. The summed E-state index contributed by atoms with van der Waals surface area (Å²) >= 11 is 0. The van der Waals surface area contributed by atoms with E-state index in [2.05, 4.69) is 17.4 Å². The summed E-state index contributed by atoms with van der Waals surface area (Å²) in [5.41, 5.74) is 7.90. The first-order valence-electron chi connectivity index (χ1n) is 5.20. The second-order valence-corrected chi connectivity index (χ2v) is 3.65. The van der Waals surface area contributed by atoms with Crippen molar-refractivity contribution in [2.75, 3.05) is 6.54 Å². The zero-order valence-corrected chi connectivity index (χ0v) is 9.12. The van der Waals surface area contributed by atoms with Crippen molar-refractivity contribution in [3.63, 3.8) is 0 Å². The van der Waals surface area contributed by atoms with E-state index in [0.29, 0.717) is 13.0 Å². The Kier molecular flexibility index (Phi) is 5.01. The lowest BCUT2D eigenvalue weighted by Crippen LogP contribution is -2.17. The van der Waals surface area contributed by atoms with Gasteiger partial charge in [0, 0.05) is 26.1 Å². The van der Waals surface area contributed by atoms with Crippen molar-refractivity contribution in [1.82, 2.24) is 5.32 Å². The average Bonchev–Trinajstić information content (AvgIpc) is 2.24. The second-order valence-electron chi connectivity index (χ2n) is 3.65. The normalized spacial score (nSPS) is 10.3. The molecule has 0 fully saturated rings. The summed E-state index contributed by atoms with van der Waals surface area (Å²) in [6.45, 7) is 3.71. The zero-order valence-electron chi connectivity index (χ0n) is 9.12. The highest BCUT2D eigenvalue weighted by Gasteiger charge is 1.96. The zero-order chi connectivity index (χ0) is 11.1. The Balaban J connectivity index is 2.33. The molecule has 0 amide bonds. The highest BCUT2D eigenvalue weighted by Crippen LogP contribution is 2.03. The molecule has 0 aliphatic heterocycles. The lowest BCUT2D eigenvalue weighted by atomic mass is 10.1. The van der Waals surface area contributed by atoms with Gasteiger partial charge in [-0.1, -0.05) is 24.3 Å². The maximum Gasteiger partial charge on any atom is 0.131 e. The maximum absolute atomic E-state index is 10.7. The summed E-state index contributed by atoms with van der Waals surface area (Å²) in [6, 6.07) is 8.16. The number of rotatable bonds is 6. The summed E-state index contributed by atoms with van der Waals surface area (Å²) in [4.78, 5) is 10.7. The minimum absolute atomic E-state index is 0.221. The topological polar surface area (TPSA) is 55.1 Å². The smallest absolute Gasteiger partial charge is 0.131 e. The van der Waals surface area contributed by atoms with Crippen LogP contribution in [0.4, 0.5) is 0 Å². The van der Waals surface area contributed by atoms with Crippen LogP contribution in [-0.2, 0) is 17.9 Å². The molecule has 1 aromatic rings. The standard InChI is InChI=1S/C12H18N2O/c1-10(15)5-6-14-9-12-4-2-3-11(7-12)8-13/h2-4,7,14H,5-6,8-9,13H2,1H3. The fourth-order valence-corrected chi connectivity index (χ4v) is 1.36. The Labute approximate surface area is 90.7 Å². The van der Waals surface area contributed by atoms with E-state index >= 15 is 0 Å². The number of Topliss-reactive ketones (excluding diaryl/α,β-unsaturated/α-hetero) is 1. The highest BCUT2D eigenvalue weighted by atomic mass is 16.1. The Morgan fingerprint density at radius 1 is 1.40 bits per heavy atom. The quantitative estimate of drug-likeness (QED) is 0.688. The molecule has 0 heterocycles. The van der Waals surface area contributed by atoms with Gasteiger partial charge in [-0.2, -0.15) is 0 Å². The molecule has 0 bridgehead atoms. The molecule has 0 aliphatic carbocycles. The molecule has 0 aromatic heterocycles. The number of nitrogens with two attached hydrogens (primary N) is 1. The second kappa shape index (κ2) is 6.32. The van der Waals surface area contributed by atoms with Crippen LogP contribution in [0.15, 0.2) is 24.3 Å². The van der Waals surface area contributed by atoms with Crippen molar-refractivity contribution in [2.24, 2.45) is 5.73 Å². The summed E-state index contributed by atoms with van der Waals surface area (Å²) < 4.78 is 0. The summed E-state index contributed by atoms with van der Waals surface area (Å²) in [5, 5.41) is 3.22. The van der Waals surface area contributed by atoms with Crippen LogP contribution in [0, 0.1) is 0 Å².